The second-order valence-electron chi connectivity index (χ2n) is 2.60. The van der Waals surface area contributed by atoms with Crippen molar-refractivity contribution in [2.45, 2.75) is 0 Å². The maximum absolute atomic E-state index is 10.2. The Labute approximate surface area is 79.3 Å². The van der Waals surface area contributed by atoms with Gasteiger partial charge in [-0.05, 0) is 35.5 Å². The summed E-state index contributed by atoms with van der Waals surface area (Å²) in [6.45, 7) is 0. The molecule has 0 radical (unpaired) electrons. The van der Waals surface area contributed by atoms with Gasteiger partial charge >= 0.3 is 0 Å². The van der Waals surface area contributed by atoms with Crippen LogP contribution in [0.5, 0.6) is 0 Å². The highest BCUT2D eigenvalue weighted by molar-refractivity contribution is 6.29. The quantitative estimate of drug-likeness (QED) is 0.514. The SMILES string of the molecule is O=Nc1ccc2nc(Cl)ccc2c1. The molecule has 0 aliphatic heterocycles. The van der Waals surface area contributed by atoms with Crippen LogP contribution in [0, 0.1) is 4.91 Å². The van der Waals surface area contributed by atoms with Gasteiger partial charge in [-0.2, -0.15) is 0 Å². The van der Waals surface area contributed by atoms with Crippen LogP contribution in [0.3, 0.4) is 0 Å². The fourth-order valence-electron chi connectivity index (χ4n) is 1.14. The van der Waals surface area contributed by atoms with Crippen LogP contribution in [0.15, 0.2) is 35.5 Å². The Balaban J connectivity index is 2.73. The van der Waals surface area contributed by atoms with Gasteiger partial charge in [0, 0.05) is 5.39 Å². The van der Waals surface area contributed by atoms with Gasteiger partial charge in [0.1, 0.15) is 10.8 Å². The number of nitroso groups, excluding NO2 is 1. The van der Waals surface area contributed by atoms with Crippen molar-refractivity contribution in [3.8, 4) is 0 Å². The molecule has 0 saturated heterocycles. The van der Waals surface area contributed by atoms with E-state index in [1.54, 1.807) is 30.3 Å². The van der Waals surface area contributed by atoms with Crippen molar-refractivity contribution in [1.82, 2.24) is 4.98 Å². The number of nitrogens with zero attached hydrogens (tertiary/aromatic N) is 2. The van der Waals surface area contributed by atoms with Crippen LogP contribution in [0.4, 0.5) is 5.69 Å². The smallest absolute Gasteiger partial charge is 0.129 e. The Kier molecular flexibility index (Phi) is 1.94. The molecule has 3 nitrogen and oxygen atoms in total. The summed E-state index contributed by atoms with van der Waals surface area (Å²) in [5.41, 5.74) is 1.16. The van der Waals surface area contributed by atoms with Crippen molar-refractivity contribution in [3.05, 3.63) is 40.4 Å². The predicted octanol–water partition coefficient (Wildman–Crippen LogP) is 3.29. The van der Waals surface area contributed by atoms with Crippen molar-refractivity contribution < 1.29 is 0 Å². The van der Waals surface area contributed by atoms with E-state index in [9.17, 15) is 4.91 Å². The standard InChI is InChI=1S/C9H5ClN2O/c10-9-4-1-6-5-7(12-13)2-3-8(6)11-9/h1-5H. The number of hydrogen-bond acceptors (Lipinski definition) is 3. The molecule has 0 unspecified atom stereocenters. The lowest BCUT2D eigenvalue weighted by atomic mass is 10.2. The number of aromatic nitrogens is 1. The van der Waals surface area contributed by atoms with E-state index < -0.39 is 0 Å². The molecule has 1 heterocycles. The molecule has 0 spiro atoms. The van der Waals surface area contributed by atoms with Crippen molar-refractivity contribution in [2.75, 3.05) is 0 Å². The number of fused-ring (bicyclic) bond motifs is 1. The Morgan fingerprint density at radius 1 is 1.23 bits per heavy atom. The zero-order valence-electron chi connectivity index (χ0n) is 6.57. The first kappa shape index (κ1) is 8.13. The van der Waals surface area contributed by atoms with Gasteiger partial charge in [-0.25, -0.2) is 4.98 Å². The minimum absolute atomic E-state index is 0.400. The minimum atomic E-state index is 0.400. The summed E-state index contributed by atoms with van der Waals surface area (Å²) < 4.78 is 0. The van der Waals surface area contributed by atoms with Gasteiger partial charge in [0.05, 0.1) is 5.52 Å². The monoisotopic (exact) mass is 192 g/mol. The number of hydrogen-bond donors (Lipinski definition) is 0. The largest absolute Gasteiger partial charge is 0.236 e. The summed E-state index contributed by atoms with van der Waals surface area (Å²) in [6, 6.07) is 8.49. The number of rotatable bonds is 1. The van der Waals surface area contributed by atoms with Crippen LogP contribution < -0.4 is 0 Å². The highest BCUT2D eigenvalue weighted by Gasteiger charge is 1.97. The molecule has 0 amide bonds. The van der Waals surface area contributed by atoms with Crippen LogP contribution in [-0.2, 0) is 0 Å². The molecule has 0 bridgehead atoms. The third kappa shape index (κ3) is 1.51. The van der Waals surface area contributed by atoms with E-state index in [-0.39, 0.29) is 0 Å². The van der Waals surface area contributed by atoms with Crippen LogP contribution >= 0.6 is 11.6 Å². The molecular formula is C9H5ClN2O. The lowest BCUT2D eigenvalue weighted by Gasteiger charge is -1.96. The average molecular weight is 193 g/mol. The lowest BCUT2D eigenvalue weighted by molar-refractivity contribution is 1.40. The Bertz CT molecular complexity index is 470. The van der Waals surface area contributed by atoms with Gasteiger partial charge < -0.3 is 0 Å². The zero-order valence-corrected chi connectivity index (χ0v) is 7.32. The normalized spacial score (nSPS) is 10.2. The van der Waals surface area contributed by atoms with Crippen molar-refractivity contribution >= 4 is 28.2 Å². The Hall–Kier alpha value is -1.48. The zero-order chi connectivity index (χ0) is 9.26. The van der Waals surface area contributed by atoms with Crippen molar-refractivity contribution in [1.29, 1.82) is 0 Å². The molecule has 0 saturated carbocycles. The number of pyridine rings is 1. The molecule has 64 valence electrons. The molecule has 0 atom stereocenters. The summed E-state index contributed by atoms with van der Waals surface area (Å²) in [7, 11) is 0. The third-order valence-electron chi connectivity index (χ3n) is 1.74. The fourth-order valence-corrected chi connectivity index (χ4v) is 1.30. The van der Waals surface area contributed by atoms with Gasteiger partial charge in [0.2, 0.25) is 0 Å². The Morgan fingerprint density at radius 2 is 2.08 bits per heavy atom. The summed E-state index contributed by atoms with van der Waals surface area (Å²) >= 11 is 5.70. The molecular weight excluding hydrogens is 188 g/mol. The van der Waals surface area contributed by atoms with Crippen LogP contribution in [-0.4, -0.2) is 4.98 Å². The van der Waals surface area contributed by atoms with Gasteiger partial charge in [0.15, 0.2) is 0 Å². The van der Waals surface area contributed by atoms with E-state index >= 15 is 0 Å². The van der Waals surface area contributed by atoms with Gasteiger partial charge in [-0.3, -0.25) is 0 Å². The molecule has 2 rings (SSSR count). The van der Waals surface area contributed by atoms with E-state index in [4.69, 9.17) is 11.6 Å². The highest BCUT2D eigenvalue weighted by Crippen LogP contribution is 2.20. The lowest BCUT2D eigenvalue weighted by Crippen LogP contribution is -1.78. The third-order valence-corrected chi connectivity index (χ3v) is 1.95. The first-order valence-corrected chi connectivity index (χ1v) is 4.07. The topological polar surface area (TPSA) is 42.3 Å². The predicted molar refractivity (Wildman–Crippen MR) is 52.2 cm³/mol. The number of halogens is 1. The molecule has 0 aliphatic rings. The van der Waals surface area contributed by atoms with E-state index in [2.05, 4.69) is 10.2 Å². The first-order valence-electron chi connectivity index (χ1n) is 3.69. The second-order valence-corrected chi connectivity index (χ2v) is 2.99. The second kappa shape index (κ2) is 3.11. The maximum Gasteiger partial charge on any atom is 0.129 e. The Morgan fingerprint density at radius 3 is 2.85 bits per heavy atom. The maximum atomic E-state index is 10.2. The molecule has 13 heavy (non-hydrogen) atoms. The average Bonchev–Trinajstić information content (AvgIpc) is 2.17. The molecule has 4 heteroatoms. The van der Waals surface area contributed by atoms with Gasteiger partial charge in [0.25, 0.3) is 0 Å². The van der Waals surface area contributed by atoms with Gasteiger partial charge in [-0.15, -0.1) is 4.91 Å². The van der Waals surface area contributed by atoms with Crippen LogP contribution in [0.25, 0.3) is 10.9 Å². The molecule has 1 aromatic heterocycles. The first-order chi connectivity index (χ1) is 6.29. The van der Waals surface area contributed by atoms with Crippen LogP contribution in [0.1, 0.15) is 0 Å². The van der Waals surface area contributed by atoms with E-state index in [0.29, 0.717) is 10.8 Å². The number of benzene rings is 1. The van der Waals surface area contributed by atoms with Crippen molar-refractivity contribution in [3.63, 3.8) is 0 Å². The summed E-state index contributed by atoms with van der Waals surface area (Å²) in [5.74, 6) is 0. The molecule has 0 fully saturated rings. The molecule has 2 aromatic rings. The van der Waals surface area contributed by atoms with Gasteiger partial charge in [-0.1, -0.05) is 11.6 Å². The minimum Gasteiger partial charge on any atom is -0.236 e. The van der Waals surface area contributed by atoms with E-state index in [1.165, 1.54) is 0 Å². The highest BCUT2D eigenvalue weighted by atomic mass is 35.5. The summed E-state index contributed by atoms with van der Waals surface area (Å²) in [5, 5.41) is 4.14. The molecule has 0 aliphatic carbocycles. The van der Waals surface area contributed by atoms with Crippen LogP contribution in [0.2, 0.25) is 5.15 Å². The molecule has 0 N–H and O–H groups in total. The van der Waals surface area contributed by atoms with E-state index in [1.807, 2.05) is 0 Å². The fraction of sp³-hybridized carbons (Fsp3) is 0. The molecule has 1 aromatic carbocycles. The van der Waals surface area contributed by atoms with Crippen molar-refractivity contribution in [2.24, 2.45) is 5.18 Å². The summed E-state index contributed by atoms with van der Waals surface area (Å²) in [4.78, 5) is 14.3. The summed E-state index contributed by atoms with van der Waals surface area (Å²) in [6.07, 6.45) is 0. The van der Waals surface area contributed by atoms with E-state index in [0.717, 1.165) is 10.9 Å².